The van der Waals surface area contributed by atoms with Gasteiger partial charge in [-0.25, -0.2) is 8.78 Å². The molecule has 0 unspecified atom stereocenters. The number of phenolic OH excluding ortho intramolecular Hbond substituents is 1. The summed E-state index contributed by atoms with van der Waals surface area (Å²) in [5.41, 5.74) is 0.650. The summed E-state index contributed by atoms with van der Waals surface area (Å²) >= 11 is 0. The minimum absolute atomic E-state index is 0. The Hall–Kier alpha value is -2.30. The van der Waals surface area contributed by atoms with Gasteiger partial charge in [0.25, 0.3) is 0 Å². The predicted molar refractivity (Wildman–Crippen MR) is 110 cm³/mol. The third-order valence-electron chi connectivity index (χ3n) is 3.50. The molecule has 3 N–H and O–H groups in total. The van der Waals surface area contributed by atoms with E-state index in [1.165, 1.54) is 6.07 Å². The van der Waals surface area contributed by atoms with Crippen molar-refractivity contribution in [1.29, 1.82) is 0 Å². The van der Waals surface area contributed by atoms with Gasteiger partial charge in [-0.1, -0.05) is 0 Å². The Balaban J connectivity index is 0.00000364. The number of halogens is 3. The molecule has 0 spiro atoms. The third-order valence-corrected chi connectivity index (χ3v) is 3.50. The molecule has 0 atom stereocenters. The molecule has 0 aliphatic carbocycles. The van der Waals surface area contributed by atoms with E-state index >= 15 is 0 Å². The van der Waals surface area contributed by atoms with Crippen LogP contribution in [0.1, 0.15) is 5.56 Å². The normalized spacial score (nSPS) is 10.7. The van der Waals surface area contributed by atoms with Crippen molar-refractivity contribution >= 4 is 29.9 Å². The van der Waals surface area contributed by atoms with Crippen LogP contribution in [0.3, 0.4) is 0 Å². The quantitative estimate of drug-likeness (QED) is 0.240. The first-order valence-corrected chi connectivity index (χ1v) is 7.91. The zero-order valence-corrected chi connectivity index (χ0v) is 17.3. The van der Waals surface area contributed by atoms with Crippen molar-refractivity contribution in [2.45, 2.75) is 6.54 Å². The maximum atomic E-state index is 13.5. The second kappa shape index (κ2) is 11.4. The Kier molecular flexibility index (Phi) is 9.62. The standard InChI is InChI=1S/C18H21F2N3O3.HI/c1-21-18(23-11-12-9-14(25-2)4-5-16(12)24)22-7-8-26-17-6-3-13(19)10-15(17)20;/h3-6,9-10,24H,7-8,11H2,1-2H3,(H2,21,22,23);1H. The average Bonchev–Trinajstić information content (AvgIpc) is 2.63. The van der Waals surface area contributed by atoms with Crippen LogP contribution in [0.15, 0.2) is 41.4 Å². The molecule has 0 radical (unpaired) electrons. The number of methoxy groups -OCH3 is 1. The number of benzene rings is 2. The van der Waals surface area contributed by atoms with Crippen LogP contribution in [0, 0.1) is 11.6 Å². The van der Waals surface area contributed by atoms with Gasteiger partial charge in [-0.05, 0) is 30.3 Å². The first-order valence-electron chi connectivity index (χ1n) is 7.91. The van der Waals surface area contributed by atoms with E-state index in [-0.39, 0.29) is 42.1 Å². The number of nitrogens with one attached hydrogen (secondary N) is 2. The van der Waals surface area contributed by atoms with Crippen molar-refractivity contribution in [3.8, 4) is 17.2 Å². The molecule has 2 aromatic carbocycles. The largest absolute Gasteiger partial charge is 0.508 e. The van der Waals surface area contributed by atoms with E-state index in [0.717, 1.165) is 12.1 Å². The Labute approximate surface area is 173 Å². The molecule has 0 aromatic heterocycles. The maximum Gasteiger partial charge on any atom is 0.191 e. The molecule has 27 heavy (non-hydrogen) atoms. The van der Waals surface area contributed by atoms with E-state index in [1.54, 1.807) is 32.4 Å². The monoisotopic (exact) mass is 493 g/mol. The molecule has 0 fully saturated rings. The fourth-order valence-electron chi connectivity index (χ4n) is 2.15. The van der Waals surface area contributed by atoms with Gasteiger partial charge in [0.1, 0.15) is 23.9 Å². The summed E-state index contributed by atoms with van der Waals surface area (Å²) in [5.74, 6) is -0.159. The van der Waals surface area contributed by atoms with Crippen molar-refractivity contribution in [3.63, 3.8) is 0 Å². The van der Waals surface area contributed by atoms with Crippen LogP contribution in [0.25, 0.3) is 0 Å². The molecule has 0 bridgehead atoms. The minimum atomic E-state index is -0.749. The number of aliphatic imine (C=N–C) groups is 1. The van der Waals surface area contributed by atoms with E-state index in [2.05, 4.69) is 15.6 Å². The molecule has 0 saturated heterocycles. The molecule has 0 amide bonds. The fraction of sp³-hybridized carbons (Fsp3) is 0.278. The van der Waals surface area contributed by atoms with Gasteiger partial charge in [-0.2, -0.15) is 0 Å². The molecule has 0 aliphatic rings. The Morgan fingerprint density at radius 1 is 1.15 bits per heavy atom. The van der Waals surface area contributed by atoms with E-state index in [4.69, 9.17) is 9.47 Å². The summed E-state index contributed by atoms with van der Waals surface area (Å²) in [6.45, 7) is 0.838. The molecule has 0 heterocycles. The Morgan fingerprint density at radius 2 is 1.93 bits per heavy atom. The maximum absolute atomic E-state index is 13.5. The summed E-state index contributed by atoms with van der Waals surface area (Å²) in [5, 5.41) is 15.9. The number of rotatable bonds is 7. The number of hydrogen-bond donors (Lipinski definition) is 3. The molecule has 0 saturated carbocycles. The lowest BCUT2D eigenvalue weighted by Crippen LogP contribution is -2.38. The zero-order valence-electron chi connectivity index (χ0n) is 15.0. The second-order valence-electron chi connectivity index (χ2n) is 5.27. The number of guanidine groups is 1. The molecule has 2 aromatic rings. The summed E-state index contributed by atoms with van der Waals surface area (Å²) in [7, 11) is 3.15. The van der Waals surface area contributed by atoms with Crippen LogP contribution in [0.4, 0.5) is 8.78 Å². The summed E-state index contributed by atoms with van der Waals surface area (Å²) in [6.07, 6.45) is 0. The molecular formula is C18H22F2IN3O3. The highest BCUT2D eigenvalue weighted by Crippen LogP contribution is 2.22. The summed E-state index contributed by atoms with van der Waals surface area (Å²) in [4.78, 5) is 4.05. The van der Waals surface area contributed by atoms with Gasteiger partial charge >= 0.3 is 0 Å². The highest BCUT2D eigenvalue weighted by atomic mass is 127. The highest BCUT2D eigenvalue weighted by Gasteiger charge is 2.06. The van der Waals surface area contributed by atoms with E-state index in [0.29, 0.717) is 30.4 Å². The number of aromatic hydroxyl groups is 1. The van der Waals surface area contributed by atoms with Gasteiger partial charge in [-0.3, -0.25) is 4.99 Å². The van der Waals surface area contributed by atoms with Crippen LogP contribution in [-0.2, 0) is 6.54 Å². The minimum Gasteiger partial charge on any atom is -0.508 e. The topological polar surface area (TPSA) is 75.1 Å². The molecule has 2 rings (SSSR count). The van der Waals surface area contributed by atoms with Crippen molar-refractivity contribution in [3.05, 3.63) is 53.6 Å². The average molecular weight is 493 g/mol. The fourth-order valence-corrected chi connectivity index (χ4v) is 2.15. The van der Waals surface area contributed by atoms with Crippen LogP contribution < -0.4 is 20.1 Å². The van der Waals surface area contributed by atoms with Gasteiger partial charge in [0, 0.05) is 25.2 Å². The van der Waals surface area contributed by atoms with E-state index in [9.17, 15) is 13.9 Å². The number of ether oxygens (including phenoxy) is 2. The second-order valence-corrected chi connectivity index (χ2v) is 5.27. The molecular weight excluding hydrogens is 471 g/mol. The van der Waals surface area contributed by atoms with Crippen molar-refractivity contribution in [1.82, 2.24) is 10.6 Å². The number of hydrogen-bond acceptors (Lipinski definition) is 4. The smallest absolute Gasteiger partial charge is 0.191 e. The molecule has 6 nitrogen and oxygen atoms in total. The van der Waals surface area contributed by atoms with Crippen molar-refractivity contribution in [2.24, 2.45) is 4.99 Å². The molecule has 0 aliphatic heterocycles. The predicted octanol–water partition coefficient (Wildman–Crippen LogP) is 3.04. The van der Waals surface area contributed by atoms with Crippen LogP contribution in [0.2, 0.25) is 0 Å². The van der Waals surface area contributed by atoms with Crippen LogP contribution >= 0.6 is 24.0 Å². The lowest BCUT2D eigenvalue weighted by Gasteiger charge is -2.14. The first-order chi connectivity index (χ1) is 12.5. The lowest BCUT2D eigenvalue weighted by atomic mass is 10.2. The van der Waals surface area contributed by atoms with Gasteiger partial charge in [0.2, 0.25) is 0 Å². The molecule has 148 valence electrons. The van der Waals surface area contributed by atoms with Gasteiger partial charge in [0.15, 0.2) is 17.5 Å². The summed E-state index contributed by atoms with van der Waals surface area (Å²) < 4.78 is 36.7. The van der Waals surface area contributed by atoms with Gasteiger partial charge in [0.05, 0.1) is 13.7 Å². The lowest BCUT2D eigenvalue weighted by molar-refractivity contribution is 0.304. The Morgan fingerprint density at radius 3 is 2.59 bits per heavy atom. The van der Waals surface area contributed by atoms with Crippen LogP contribution in [0.5, 0.6) is 17.2 Å². The highest BCUT2D eigenvalue weighted by molar-refractivity contribution is 14.0. The number of phenols is 1. The van der Waals surface area contributed by atoms with Crippen LogP contribution in [-0.4, -0.2) is 38.4 Å². The third kappa shape index (κ3) is 7.08. The van der Waals surface area contributed by atoms with Crippen molar-refractivity contribution < 1.29 is 23.4 Å². The van der Waals surface area contributed by atoms with E-state index in [1.807, 2.05) is 0 Å². The van der Waals surface area contributed by atoms with Gasteiger partial charge < -0.3 is 25.2 Å². The molecule has 9 heteroatoms. The zero-order chi connectivity index (χ0) is 18.9. The van der Waals surface area contributed by atoms with Gasteiger partial charge in [-0.15, -0.1) is 24.0 Å². The first kappa shape index (κ1) is 22.7. The number of nitrogens with zero attached hydrogens (tertiary/aromatic N) is 1. The van der Waals surface area contributed by atoms with E-state index < -0.39 is 11.6 Å². The SMILES string of the molecule is CN=C(NCCOc1ccc(F)cc1F)NCc1cc(OC)ccc1O.I. The Bertz CT molecular complexity index is 776. The van der Waals surface area contributed by atoms with Crippen molar-refractivity contribution in [2.75, 3.05) is 27.3 Å². The summed E-state index contributed by atoms with van der Waals surface area (Å²) in [6, 6.07) is 8.07.